The van der Waals surface area contributed by atoms with Crippen molar-refractivity contribution in [3.05, 3.63) is 65.5 Å². The van der Waals surface area contributed by atoms with E-state index >= 15 is 0 Å². The first-order valence-corrected chi connectivity index (χ1v) is 12.8. The van der Waals surface area contributed by atoms with Gasteiger partial charge in [-0.25, -0.2) is 9.18 Å². The third-order valence-corrected chi connectivity index (χ3v) is 7.05. The molecule has 0 spiro atoms. The van der Waals surface area contributed by atoms with Crippen molar-refractivity contribution < 1.29 is 23.6 Å². The molecule has 2 aliphatic rings. The van der Waals surface area contributed by atoms with E-state index in [4.69, 9.17) is 0 Å². The lowest BCUT2D eigenvalue weighted by Crippen LogP contribution is -2.71. The Balaban J connectivity index is 1.54. The third-order valence-electron chi connectivity index (χ3n) is 7.05. The van der Waals surface area contributed by atoms with E-state index in [2.05, 4.69) is 5.32 Å². The zero-order valence-corrected chi connectivity index (χ0v) is 21.3. The summed E-state index contributed by atoms with van der Waals surface area (Å²) in [6, 6.07) is 11.9. The second-order valence-corrected chi connectivity index (χ2v) is 9.61. The SMILES string of the molecule is CCCC[C@H]1C(=O)N(CCc2cccc(F)c2)C[C@@H]2N(C(=O)Nc3ccc(C(C)=O)cc3)CCC(=O)N21. The molecular weight excluding hydrogens is 475 g/mol. The summed E-state index contributed by atoms with van der Waals surface area (Å²) in [5, 5.41) is 2.87. The van der Waals surface area contributed by atoms with Crippen LogP contribution in [0.1, 0.15) is 55.5 Å². The van der Waals surface area contributed by atoms with Gasteiger partial charge in [0.05, 0.1) is 6.54 Å². The molecule has 1 N–H and O–H groups in total. The summed E-state index contributed by atoms with van der Waals surface area (Å²) in [6.07, 6.45) is 2.20. The van der Waals surface area contributed by atoms with Gasteiger partial charge in [0.15, 0.2) is 5.78 Å². The molecule has 0 bridgehead atoms. The Hall–Kier alpha value is -3.75. The fraction of sp³-hybridized carbons (Fsp3) is 0.429. The minimum Gasteiger partial charge on any atom is -0.337 e. The third kappa shape index (κ3) is 5.98. The lowest BCUT2D eigenvalue weighted by atomic mass is 9.99. The summed E-state index contributed by atoms with van der Waals surface area (Å²) in [4.78, 5) is 56.3. The number of halogens is 1. The van der Waals surface area contributed by atoms with Gasteiger partial charge in [0.2, 0.25) is 11.8 Å². The van der Waals surface area contributed by atoms with Crippen molar-refractivity contribution in [1.29, 1.82) is 0 Å². The first-order valence-electron chi connectivity index (χ1n) is 12.8. The molecule has 2 aromatic rings. The zero-order valence-electron chi connectivity index (χ0n) is 21.3. The Morgan fingerprint density at radius 3 is 2.54 bits per heavy atom. The van der Waals surface area contributed by atoms with Gasteiger partial charge in [-0.2, -0.15) is 0 Å². The Morgan fingerprint density at radius 2 is 1.86 bits per heavy atom. The van der Waals surface area contributed by atoms with Crippen LogP contribution < -0.4 is 5.32 Å². The molecule has 0 aliphatic carbocycles. The maximum atomic E-state index is 13.7. The zero-order chi connectivity index (χ0) is 26.5. The van der Waals surface area contributed by atoms with Crippen molar-refractivity contribution >= 4 is 29.3 Å². The maximum Gasteiger partial charge on any atom is 0.323 e. The quantitative estimate of drug-likeness (QED) is 0.545. The van der Waals surface area contributed by atoms with Crippen molar-refractivity contribution in [3.63, 3.8) is 0 Å². The molecule has 2 aliphatic heterocycles. The first-order chi connectivity index (χ1) is 17.8. The van der Waals surface area contributed by atoms with Crippen molar-refractivity contribution in [3.8, 4) is 0 Å². The molecule has 2 heterocycles. The number of ketones is 1. The van der Waals surface area contributed by atoms with E-state index < -0.39 is 12.2 Å². The van der Waals surface area contributed by atoms with Crippen molar-refractivity contribution in [2.75, 3.05) is 25.0 Å². The molecule has 0 aromatic heterocycles. The van der Waals surface area contributed by atoms with Crippen LogP contribution in [0.25, 0.3) is 0 Å². The van der Waals surface area contributed by atoms with E-state index in [1.165, 1.54) is 19.1 Å². The van der Waals surface area contributed by atoms with Gasteiger partial charge >= 0.3 is 6.03 Å². The van der Waals surface area contributed by atoms with Crippen LogP contribution in [0.15, 0.2) is 48.5 Å². The van der Waals surface area contributed by atoms with Crippen LogP contribution in [0, 0.1) is 5.82 Å². The Bertz CT molecular complexity index is 1170. The molecule has 0 radical (unpaired) electrons. The monoisotopic (exact) mass is 508 g/mol. The van der Waals surface area contributed by atoms with E-state index in [0.717, 1.165) is 18.4 Å². The van der Waals surface area contributed by atoms with Gasteiger partial charge < -0.3 is 20.0 Å². The number of carbonyl (C=O) groups excluding carboxylic acids is 4. The minimum atomic E-state index is -0.635. The molecule has 8 nitrogen and oxygen atoms in total. The molecule has 4 amide bonds. The van der Waals surface area contributed by atoms with E-state index in [-0.39, 0.29) is 49.0 Å². The molecule has 0 unspecified atom stereocenters. The standard InChI is InChI=1S/C28H33FN4O4/c1-3-4-8-24-27(36)31(15-13-20-6-5-7-22(29)17-20)18-25-32(16-14-26(35)33(24)25)28(37)30-23-11-9-21(10-12-23)19(2)34/h5-7,9-12,17,24-25H,3-4,8,13-16,18H2,1-2H3,(H,30,37)/t24-,25+/m0/s1. The molecule has 2 atom stereocenters. The van der Waals surface area contributed by atoms with Crippen LogP contribution in [0.4, 0.5) is 14.9 Å². The number of piperazine rings is 1. The number of rotatable bonds is 8. The van der Waals surface area contributed by atoms with E-state index in [1.54, 1.807) is 45.0 Å². The molecule has 0 saturated carbocycles. The predicted octanol–water partition coefficient (Wildman–Crippen LogP) is 4.06. The van der Waals surface area contributed by atoms with E-state index in [9.17, 15) is 23.6 Å². The highest BCUT2D eigenvalue weighted by atomic mass is 19.1. The fourth-order valence-electron chi connectivity index (χ4n) is 5.03. The van der Waals surface area contributed by atoms with Crippen LogP contribution in [0.2, 0.25) is 0 Å². The van der Waals surface area contributed by atoms with Gasteiger partial charge in [-0.1, -0.05) is 31.9 Å². The number of nitrogens with zero attached hydrogens (tertiary/aromatic N) is 3. The Kier molecular flexibility index (Phi) is 8.21. The molecule has 4 rings (SSSR count). The summed E-state index contributed by atoms with van der Waals surface area (Å²) < 4.78 is 13.7. The highest BCUT2D eigenvalue weighted by Gasteiger charge is 2.48. The number of fused-ring (bicyclic) bond motifs is 1. The molecule has 37 heavy (non-hydrogen) atoms. The number of amides is 4. The molecule has 9 heteroatoms. The Morgan fingerprint density at radius 1 is 1.11 bits per heavy atom. The average Bonchev–Trinajstić information content (AvgIpc) is 2.87. The number of anilines is 1. The summed E-state index contributed by atoms with van der Waals surface area (Å²) in [5.41, 5.74) is 1.87. The predicted molar refractivity (Wildman–Crippen MR) is 137 cm³/mol. The lowest BCUT2D eigenvalue weighted by molar-refractivity contribution is -0.167. The van der Waals surface area contributed by atoms with Crippen LogP contribution in [-0.4, -0.2) is 70.2 Å². The topological polar surface area (TPSA) is 90.0 Å². The second kappa shape index (κ2) is 11.5. The molecule has 196 valence electrons. The molecule has 2 saturated heterocycles. The van der Waals surface area contributed by atoms with Crippen molar-refractivity contribution in [2.45, 2.75) is 58.2 Å². The number of unbranched alkanes of at least 4 members (excludes halogenated alkanes) is 1. The Labute approximate surface area is 216 Å². The van der Waals surface area contributed by atoms with Gasteiger partial charge in [-0.3, -0.25) is 14.4 Å². The molecular formula is C28H33FN4O4. The van der Waals surface area contributed by atoms with Gasteiger partial charge in [-0.05, 0) is 61.7 Å². The number of Topliss-reactive ketones (excluding diaryl/α,β-unsaturated/α-hetero) is 1. The normalized spacial score (nSPS) is 19.6. The number of nitrogens with one attached hydrogen (secondary N) is 1. The first kappa shape index (κ1) is 26.3. The molecule has 2 fully saturated rings. The van der Waals surface area contributed by atoms with Crippen molar-refractivity contribution in [1.82, 2.24) is 14.7 Å². The highest BCUT2D eigenvalue weighted by molar-refractivity contribution is 5.96. The van der Waals surface area contributed by atoms with Crippen LogP contribution >= 0.6 is 0 Å². The smallest absolute Gasteiger partial charge is 0.323 e. The number of hydrogen-bond donors (Lipinski definition) is 1. The summed E-state index contributed by atoms with van der Waals surface area (Å²) in [6.45, 7) is 4.31. The lowest BCUT2D eigenvalue weighted by Gasteiger charge is -2.52. The number of hydrogen-bond acceptors (Lipinski definition) is 4. The van der Waals surface area contributed by atoms with Crippen LogP contribution in [-0.2, 0) is 16.0 Å². The van der Waals surface area contributed by atoms with E-state index in [1.807, 2.05) is 13.0 Å². The van der Waals surface area contributed by atoms with Gasteiger partial charge in [0.1, 0.15) is 18.0 Å². The number of carbonyl (C=O) groups is 4. The number of benzene rings is 2. The largest absolute Gasteiger partial charge is 0.337 e. The minimum absolute atomic E-state index is 0.0635. The van der Waals surface area contributed by atoms with Gasteiger partial charge in [0.25, 0.3) is 0 Å². The maximum absolute atomic E-state index is 13.7. The summed E-state index contributed by atoms with van der Waals surface area (Å²) in [7, 11) is 0. The fourth-order valence-corrected chi connectivity index (χ4v) is 5.03. The van der Waals surface area contributed by atoms with Gasteiger partial charge in [-0.15, -0.1) is 0 Å². The van der Waals surface area contributed by atoms with Crippen LogP contribution in [0.3, 0.4) is 0 Å². The number of urea groups is 1. The second-order valence-electron chi connectivity index (χ2n) is 9.61. The average molecular weight is 509 g/mol. The van der Waals surface area contributed by atoms with Crippen LogP contribution in [0.5, 0.6) is 0 Å². The van der Waals surface area contributed by atoms with E-state index in [0.29, 0.717) is 30.6 Å². The van der Waals surface area contributed by atoms with Gasteiger partial charge in [0, 0.05) is 30.8 Å². The molecule has 2 aromatic carbocycles. The summed E-state index contributed by atoms with van der Waals surface area (Å²) in [5.74, 6) is -0.645. The highest BCUT2D eigenvalue weighted by Crippen LogP contribution is 2.29. The van der Waals surface area contributed by atoms with Crippen molar-refractivity contribution in [2.24, 2.45) is 0 Å². The summed E-state index contributed by atoms with van der Waals surface area (Å²) >= 11 is 0.